The maximum atomic E-state index is 11.6. The van der Waals surface area contributed by atoms with Crippen molar-refractivity contribution >= 4 is 17.7 Å². The molecule has 0 aromatic heterocycles. The van der Waals surface area contributed by atoms with Crippen molar-refractivity contribution in [3.63, 3.8) is 0 Å². The van der Waals surface area contributed by atoms with E-state index in [-0.39, 0.29) is 11.2 Å². The number of carbonyl (C=O) groups excluding carboxylic acids is 1. The molecule has 0 saturated carbocycles. The standard InChI is InChI=1S/C12H18N2O2S/c1-3-6-11(12(15)14-13)17-10-8-5-4-7-9(10)16-2/h4-5,7-8,11H,3,6,13H2,1-2H3,(H,14,15). The van der Waals surface area contributed by atoms with Crippen LogP contribution in [0.1, 0.15) is 19.8 Å². The van der Waals surface area contributed by atoms with Crippen LogP contribution in [-0.4, -0.2) is 18.3 Å². The summed E-state index contributed by atoms with van der Waals surface area (Å²) in [6, 6.07) is 7.65. The van der Waals surface area contributed by atoms with Gasteiger partial charge < -0.3 is 4.74 Å². The molecule has 0 aliphatic heterocycles. The van der Waals surface area contributed by atoms with Gasteiger partial charge in [-0.2, -0.15) is 0 Å². The van der Waals surface area contributed by atoms with Crippen molar-refractivity contribution in [1.82, 2.24) is 5.43 Å². The average Bonchev–Trinajstić information content (AvgIpc) is 2.38. The highest BCUT2D eigenvalue weighted by atomic mass is 32.2. The van der Waals surface area contributed by atoms with Crippen molar-refractivity contribution in [1.29, 1.82) is 0 Å². The quantitative estimate of drug-likeness (QED) is 0.352. The monoisotopic (exact) mass is 254 g/mol. The number of para-hydroxylation sites is 1. The fourth-order valence-corrected chi connectivity index (χ4v) is 2.73. The lowest BCUT2D eigenvalue weighted by Gasteiger charge is -2.15. The summed E-state index contributed by atoms with van der Waals surface area (Å²) < 4.78 is 5.25. The van der Waals surface area contributed by atoms with E-state index in [1.807, 2.05) is 31.2 Å². The van der Waals surface area contributed by atoms with E-state index in [2.05, 4.69) is 5.43 Å². The molecule has 94 valence electrons. The number of rotatable bonds is 6. The Morgan fingerprint density at radius 3 is 2.82 bits per heavy atom. The molecule has 0 aliphatic carbocycles. The number of nitrogens with one attached hydrogen (secondary N) is 1. The van der Waals surface area contributed by atoms with Crippen LogP contribution in [0.15, 0.2) is 29.2 Å². The lowest BCUT2D eigenvalue weighted by molar-refractivity contribution is -0.120. The molecule has 0 radical (unpaired) electrons. The number of carbonyl (C=O) groups is 1. The van der Waals surface area contributed by atoms with Crippen molar-refractivity contribution in [2.45, 2.75) is 29.9 Å². The van der Waals surface area contributed by atoms with Gasteiger partial charge in [-0.1, -0.05) is 25.5 Å². The number of amides is 1. The van der Waals surface area contributed by atoms with Gasteiger partial charge >= 0.3 is 0 Å². The van der Waals surface area contributed by atoms with Crippen LogP contribution in [0, 0.1) is 0 Å². The van der Waals surface area contributed by atoms with Gasteiger partial charge in [-0.15, -0.1) is 11.8 Å². The Balaban J connectivity index is 2.81. The molecule has 1 aromatic rings. The second-order valence-corrected chi connectivity index (χ2v) is 4.80. The minimum Gasteiger partial charge on any atom is -0.496 e. The number of methoxy groups -OCH3 is 1. The van der Waals surface area contributed by atoms with Gasteiger partial charge in [-0.05, 0) is 18.6 Å². The zero-order chi connectivity index (χ0) is 12.7. The minimum atomic E-state index is -0.179. The van der Waals surface area contributed by atoms with E-state index in [4.69, 9.17) is 10.6 Å². The van der Waals surface area contributed by atoms with Crippen molar-refractivity contribution in [3.05, 3.63) is 24.3 Å². The fraction of sp³-hybridized carbons (Fsp3) is 0.417. The number of hydrogen-bond acceptors (Lipinski definition) is 4. The number of ether oxygens (including phenoxy) is 1. The van der Waals surface area contributed by atoms with Gasteiger partial charge in [0.25, 0.3) is 0 Å². The van der Waals surface area contributed by atoms with Gasteiger partial charge in [0.05, 0.1) is 17.3 Å². The highest BCUT2D eigenvalue weighted by Gasteiger charge is 2.19. The Bertz CT molecular complexity index is 371. The van der Waals surface area contributed by atoms with E-state index in [0.29, 0.717) is 0 Å². The van der Waals surface area contributed by atoms with E-state index < -0.39 is 0 Å². The Morgan fingerprint density at radius 2 is 2.24 bits per heavy atom. The molecule has 0 heterocycles. The fourth-order valence-electron chi connectivity index (χ4n) is 1.47. The molecule has 1 amide bonds. The second-order valence-electron chi connectivity index (χ2n) is 3.55. The van der Waals surface area contributed by atoms with Crippen molar-refractivity contribution in [3.8, 4) is 5.75 Å². The van der Waals surface area contributed by atoms with Crippen molar-refractivity contribution in [2.75, 3.05) is 7.11 Å². The lowest BCUT2D eigenvalue weighted by Crippen LogP contribution is -2.37. The van der Waals surface area contributed by atoms with Gasteiger partial charge in [0, 0.05) is 0 Å². The highest BCUT2D eigenvalue weighted by molar-refractivity contribution is 8.00. The third kappa shape index (κ3) is 3.94. The Morgan fingerprint density at radius 1 is 1.53 bits per heavy atom. The Labute approximate surface area is 106 Å². The number of nitrogens with two attached hydrogens (primary N) is 1. The molecule has 1 rings (SSSR count). The van der Waals surface area contributed by atoms with E-state index in [0.717, 1.165) is 23.5 Å². The second kappa shape index (κ2) is 7.19. The first-order valence-electron chi connectivity index (χ1n) is 5.53. The Kier molecular flexibility index (Phi) is 5.86. The Hall–Kier alpha value is -1.20. The first kappa shape index (κ1) is 13.9. The zero-order valence-corrected chi connectivity index (χ0v) is 10.9. The molecule has 1 unspecified atom stereocenters. The summed E-state index contributed by atoms with van der Waals surface area (Å²) in [5, 5.41) is -0.179. The third-order valence-corrected chi connectivity index (χ3v) is 3.65. The zero-order valence-electron chi connectivity index (χ0n) is 10.1. The van der Waals surface area contributed by atoms with E-state index in [1.165, 1.54) is 11.8 Å². The molecule has 0 fully saturated rings. The molecule has 0 saturated heterocycles. The molecule has 5 heteroatoms. The summed E-state index contributed by atoms with van der Waals surface area (Å²) in [6.45, 7) is 2.04. The van der Waals surface area contributed by atoms with Gasteiger partial charge in [-0.25, -0.2) is 5.84 Å². The molecule has 1 atom stereocenters. The van der Waals surface area contributed by atoms with Crippen LogP contribution in [0.5, 0.6) is 5.75 Å². The van der Waals surface area contributed by atoms with E-state index >= 15 is 0 Å². The molecule has 17 heavy (non-hydrogen) atoms. The first-order valence-corrected chi connectivity index (χ1v) is 6.41. The summed E-state index contributed by atoms with van der Waals surface area (Å²) in [5.74, 6) is 5.81. The minimum absolute atomic E-state index is 0.150. The predicted octanol–water partition coefficient (Wildman–Crippen LogP) is 1.95. The van der Waals surface area contributed by atoms with Crippen LogP contribution < -0.4 is 16.0 Å². The van der Waals surface area contributed by atoms with Crippen LogP contribution >= 0.6 is 11.8 Å². The number of benzene rings is 1. The molecule has 0 bridgehead atoms. The number of thioether (sulfide) groups is 1. The smallest absolute Gasteiger partial charge is 0.247 e. The summed E-state index contributed by atoms with van der Waals surface area (Å²) in [5.41, 5.74) is 2.21. The van der Waals surface area contributed by atoms with Crippen LogP contribution in [0.2, 0.25) is 0 Å². The summed E-state index contributed by atoms with van der Waals surface area (Å²) in [7, 11) is 1.62. The van der Waals surface area contributed by atoms with E-state index in [9.17, 15) is 4.79 Å². The predicted molar refractivity (Wildman–Crippen MR) is 69.9 cm³/mol. The highest BCUT2D eigenvalue weighted by Crippen LogP contribution is 2.33. The van der Waals surface area contributed by atoms with Crippen LogP contribution in [-0.2, 0) is 4.79 Å². The SMILES string of the molecule is CCCC(Sc1ccccc1OC)C(=O)NN. The maximum Gasteiger partial charge on any atom is 0.247 e. The molecule has 1 aromatic carbocycles. The molecular formula is C12H18N2O2S. The number of hydrazine groups is 1. The lowest BCUT2D eigenvalue weighted by atomic mass is 10.2. The molecular weight excluding hydrogens is 236 g/mol. The van der Waals surface area contributed by atoms with Crippen LogP contribution in [0.25, 0.3) is 0 Å². The van der Waals surface area contributed by atoms with Crippen molar-refractivity contribution in [2.24, 2.45) is 5.84 Å². The maximum absolute atomic E-state index is 11.6. The van der Waals surface area contributed by atoms with Gasteiger partial charge in [0.2, 0.25) is 5.91 Å². The topological polar surface area (TPSA) is 64.3 Å². The molecule has 0 aliphatic rings. The van der Waals surface area contributed by atoms with Gasteiger partial charge in [-0.3, -0.25) is 10.2 Å². The molecule has 4 nitrogen and oxygen atoms in total. The van der Waals surface area contributed by atoms with Gasteiger partial charge in [0.1, 0.15) is 5.75 Å². The summed E-state index contributed by atoms with van der Waals surface area (Å²) in [6.07, 6.45) is 1.71. The molecule has 0 spiro atoms. The largest absolute Gasteiger partial charge is 0.496 e. The molecule has 3 N–H and O–H groups in total. The third-order valence-electron chi connectivity index (χ3n) is 2.32. The number of hydrogen-bond donors (Lipinski definition) is 2. The summed E-state index contributed by atoms with van der Waals surface area (Å²) >= 11 is 1.48. The average molecular weight is 254 g/mol. The van der Waals surface area contributed by atoms with Crippen molar-refractivity contribution < 1.29 is 9.53 Å². The van der Waals surface area contributed by atoms with E-state index in [1.54, 1.807) is 7.11 Å². The van der Waals surface area contributed by atoms with Gasteiger partial charge in [0.15, 0.2) is 0 Å². The summed E-state index contributed by atoms with van der Waals surface area (Å²) in [4.78, 5) is 12.6. The van der Waals surface area contributed by atoms with Crippen LogP contribution in [0.3, 0.4) is 0 Å². The normalized spacial score (nSPS) is 11.9. The first-order chi connectivity index (χ1) is 8.22. The van der Waals surface area contributed by atoms with Crippen LogP contribution in [0.4, 0.5) is 0 Å².